The third-order valence-electron chi connectivity index (χ3n) is 2.96. The number of hydrogen-bond donors (Lipinski definition) is 2. The molecule has 1 heterocycles. The summed E-state index contributed by atoms with van der Waals surface area (Å²) in [6.07, 6.45) is 0. The molecule has 0 radical (unpaired) electrons. The first-order valence-electron chi connectivity index (χ1n) is 5.72. The standard InChI is InChI=1S/C14H14N2O3/c1-8-10(14(18)19-2)12(16-13(17)11(8)15)9-6-4-3-5-7-9/h3-7H,15H2,1-2H3,(H,16,17). The topological polar surface area (TPSA) is 85.2 Å². The van der Waals surface area contributed by atoms with Crippen molar-refractivity contribution < 1.29 is 9.53 Å². The third kappa shape index (κ3) is 2.22. The lowest BCUT2D eigenvalue weighted by molar-refractivity contribution is 0.0600. The zero-order valence-corrected chi connectivity index (χ0v) is 10.7. The van der Waals surface area contributed by atoms with Crippen LogP contribution in [0.5, 0.6) is 0 Å². The van der Waals surface area contributed by atoms with Gasteiger partial charge in [0.1, 0.15) is 5.69 Å². The van der Waals surface area contributed by atoms with Crippen molar-refractivity contribution in [1.82, 2.24) is 4.98 Å². The van der Waals surface area contributed by atoms with E-state index in [1.165, 1.54) is 7.11 Å². The molecule has 0 aliphatic rings. The first-order chi connectivity index (χ1) is 9.06. The van der Waals surface area contributed by atoms with Crippen LogP contribution in [0.4, 0.5) is 5.69 Å². The second-order valence-corrected chi connectivity index (χ2v) is 4.10. The van der Waals surface area contributed by atoms with Crippen molar-refractivity contribution >= 4 is 11.7 Å². The number of rotatable bonds is 2. The molecular weight excluding hydrogens is 244 g/mol. The molecule has 1 aromatic carbocycles. The van der Waals surface area contributed by atoms with Crippen molar-refractivity contribution in [3.63, 3.8) is 0 Å². The van der Waals surface area contributed by atoms with E-state index in [1.807, 2.05) is 18.2 Å². The minimum Gasteiger partial charge on any atom is -0.465 e. The molecule has 98 valence electrons. The first kappa shape index (κ1) is 12.9. The van der Waals surface area contributed by atoms with Crippen LogP contribution in [0.15, 0.2) is 35.1 Å². The number of carbonyl (C=O) groups is 1. The molecule has 2 aromatic rings. The minimum atomic E-state index is -0.528. The van der Waals surface area contributed by atoms with Gasteiger partial charge < -0.3 is 15.5 Å². The van der Waals surface area contributed by atoms with Gasteiger partial charge in [0, 0.05) is 0 Å². The number of methoxy groups -OCH3 is 1. The number of pyridine rings is 1. The van der Waals surface area contributed by atoms with Crippen molar-refractivity contribution in [3.05, 3.63) is 51.8 Å². The van der Waals surface area contributed by atoms with Crippen LogP contribution in [0.1, 0.15) is 15.9 Å². The fraction of sp³-hybridized carbons (Fsp3) is 0.143. The Morgan fingerprint density at radius 2 is 1.89 bits per heavy atom. The summed E-state index contributed by atoms with van der Waals surface area (Å²) in [6.45, 7) is 1.63. The van der Waals surface area contributed by atoms with Crippen LogP contribution in [-0.2, 0) is 4.74 Å². The van der Waals surface area contributed by atoms with Gasteiger partial charge in [-0.25, -0.2) is 4.79 Å². The normalized spacial score (nSPS) is 10.2. The van der Waals surface area contributed by atoms with Gasteiger partial charge in [0.25, 0.3) is 5.56 Å². The Kier molecular flexibility index (Phi) is 3.37. The molecule has 0 saturated heterocycles. The molecule has 19 heavy (non-hydrogen) atoms. The number of hydrogen-bond acceptors (Lipinski definition) is 4. The van der Waals surface area contributed by atoms with Crippen LogP contribution in [0.25, 0.3) is 11.3 Å². The highest BCUT2D eigenvalue weighted by atomic mass is 16.5. The van der Waals surface area contributed by atoms with Crippen molar-refractivity contribution in [2.24, 2.45) is 0 Å². The van der Waals surface area contributed by atoms with Crippen LogP contribution in [0, 0.1) is 6.92 Å². The molecule has 2 rings (SSSR count). The van der Waals surface area contributed by atoms with E-state index in [0.29, 0.717) is 11.3 Å². The van der Waals surface area contributed by atoms with E-state index < -0.39 is 11.5 Å². The molecule has 0 unspecified atom stereocenters. The van der Waals surface area contributed by atoms with Gasteiger partial charge in [0.15, 0.2) is 0 Å². The zero-order valence-electron chi connectivity index (χ0n) is 10.7. The van der Waals surface area contributed by atoms with Gasteiger partial charge in [-0.2, -0.15) is 0 Å². The maximum atomic E-state index is 11.9. The van der Waals surface area contributed by atoms with E-state index in [0.717, 1.165) is 5.56 Å². The Hall–Kier alpha value is -2.56. The molecule has 5 heteroatoms. The maximum absolute atomic E-state index is 11.9. The highest BCUT2D eigenvalue weighted by Gasteiger charge is 2.20. The van der Waals surface area contributed by atoms with Gasteiger partial charge in [0.2, 0.25) is 0 Å². The van der Waals surface area contributed by atoms with Gasteiger partial charge in [-0.1, -0.05) is 30.3 Å². The van der Waals surface area contributed by atoms with E-state index in [4.69, 9.17) is 10.5 Å². The molecular formula is C14H14N2O3. The lowest BCUT2D eigenvalue weighted by Crippen LogP contribution is -2.20. The summed E-state index contributed by atoms with van der Waals surface area (Å²) < 4.78 is 4.76. The molecule has 1 aromatic heterocycles. The van der Waals surface area contributed by atoms with Crippen LogP contribution in [0.3, 0.4) is 0 Å². The molecule has 0 amide bonds. The zero-order chi connectivity index (χ0) is 14.0. The third-order valence-corrected chi connectivity index (χ3v) is 2.96. The lowest BCUT2D eigenvalue weighted by Gasteiger charge is -2.12. The van der Waals surface area contributed by atoms with Crippen LogP contribution in [-0.4, -0.2) is 18.1 Å². The average Bonchev–Trinajstić information content (AvgIpc) is 2.44. The molecule has 0 aliphatic carbocycles. The quantitative estimate of drug-likeness (QED) is 0.803. The maximum Gasteiger partial charge on any atom is 0.340 e. The molecule has 0 bridgehead atoms. The van der Waals surface area contributed by atoms with Crippen molar-refractivity contribution in [1.29, 1.82) is 0 Å². The predicted molar refractivity (Wildman–Crippen MR) is 73.0 cm³/mol. The second kappa shape index (κ2) is 4.97. The summed E-state index contributed by atoms with van der Waals surface area (Å²) in [5, 5.41) is 0. The minimum absolute atomic E-state index is 0.0279. The summed E-state index contributed by atoms with van der Waals surface area (Å²) >= 11 is 0. The SMILES string of the molecule is COC(=O)c1c(-c2ccccc2)[nH]c(=O)c(N)c1C. The number of nitrogens with two attached hydrogens (primary N) is 1. The fourth-order valence-corrected chi connectivity index (χ4v) is 1.91. The molecule has 5 nitrogen and oxygen atoms in total. The van der Waals surface area contributed by atoms with Crippen molar-refractivity contribution in [2.45, 2.75) is 6.92 Å². The van der Waals surface area contributed by atoms with E-state index in [1.54, 1.807) is 19.1 Å². The number of esters is 1. The van der Waals surface area contributed by atoms with Crippen LogP contribution >= 0.6 is 0 Å². The Balaban J connectivity index is 2.80. The second-order valence-electron chi connectivity index (χ2n) is 4.10. The Morgan fingerprint density at radius 1 is 1.26 bits per heavy atom. The lowest BCUT2D eigenvalue weighted by atomic mass is 10.0. The van der Waals surface area contributed by atoms with E-state index in [-0.39, 0.29) is 11.3 Å². The number of aromatic amines is 1. The molecule has 0 aliphatic heterocycles. The molecule has 0 spiro atoms. The number of carbonyl (C=O) groups excluding carboxylic acids is 1. The monoisotopic (exact) mass is 258 g/mol. The smallest absolute Gasteiger partial charge is 0.340 e. The number of anilines is 1. The largest absolute Gasteiger partial charge is 0.465 e. The van der Waals surface area contributed by atoms with Gasteiger partial charge in [0.05, 0.1) is 18.4 Å². The van der Waals surface area contributed by atoms with Gasteiger partial charge in [-0.3, -0.25) is 4.79 Å². The van der Waals surface area contributed by atoms with Crippen molar-refractivity contribution in [2.75, 3.05) is 12.8 Å². The number of nitrogen functional groups attached to an aromatic ring is 1. The number of ether oxygens (including phenoxy) is 1. The molecule has 0 saturated carbocycles. The Bertz CT molecular complexity index is 675. The number of nitrogens with one attached hydrogen (secondary N) is 1. The molecule has 3 N–H and O–H groups in total. The highest BCUT2D eigenvalue weighted by Crippen LogP contribution is 2.25. The Labute approximate surface area is 110 Å². The van der Waals surface area contributed by atoms with E-state index in [9.17, 15) is 9.59 Å². The van der Waals surface area contributed by atoms with Crippen LogP contribution < -0.4 is 11.3 Å². The van der Waals surface area contributed by atoms with Gasteiger partial charge in [-0.05, 0) is 18.1 Å². The van der Waals surface area contributed by atoms with Gasteiger partial charge >= 0.3 is 5.97 Å². The van der Waals surface area contributed by atoms with Crippen molar-refractivity contribution in [3.8, 4) is 11.3 Å². The fourth-order valence-electron chi connectivity index (χ4n) is 1.91. The van der Waals surface area contributed by atoms with E-state index >= 15 is 0 Å². The molecule has 0 fully saturated rings. The molecule has 0 atom stereocenters. The number of benzene rings is 1. The summed E-state index contributed by atoms with van der Waals surface area (Å²) in [7, 11) is 1.29. The van der Waals surface area contributed by atoms with Gasteiger partial charge in [-0.15, -0.1) is 0 Å². The first-order valence-corrected chi connectivity index (χ1v) is 5.72. The Morgan fingerprint density at radius 3 is 2.47 bits per heavy atom. The number of H-pyrrole nitrogens is 1. The predicted octanol–water partition coefficient (Wildman–Crippen LogP) is 1.72. The summed E-state index contributed by atoms with van der Waals surface area (Å²) in [5.74, 6) is -0.528. The average molecular weight is 258 g/mol. The summed E-state index contributed by atoms with van der Waals surface area (Å²) in [6, 6.07) is 9.09. The number of aromatic nitrogens is 1. The highest BCUT2D eigenvalue weighted by molar-refractivity contribution is 5.98. The van der Waals surface area contributed by atoms with E-state index in [2.05, 4.69) is 4.98 Å². The van der Waals surface area contributed by atoms with Crippen LogP contribution in [0.2, 0.25) is 0 Å². The summed E-state index contributed by atoms with van der Waals surface area (Å²) in [4.78, 5) is 26.3. The summed E-state index contributed by atoms with van der Waals surface area (Å²) in [5.41, 5.74) is 7.14.